The smallest absolute Gasteiger partial charge is 0.333 e. The van der Waals surface area contributed by atoms with Crippen LogP contribution in [0.5, 0.6) is 0 Å². The van der Waals surface area contributed by atoms with Crippen LogP contribution in [0, 0.1) is 17.0 Å². The monoisotopic (exact) mass is 312 g/mol. The molecule has 0 radical (unpaired) electrons. The van der Waals surface area contributed by atoms with Gasteiger partial charge in [-0.15, -0.1) is 0 Å². The van der Waals surface area contributed by atoms with Crippen LogP contribution in [0.25, 0.3) is 0 Å². The van der Waals surface area contributed by atoms with E-state index in [1.165, 1.54) is 25.7 Å². The van der Waals surface area contributed by atoms with Gasteiger partial charge in [0.2, 0.25) is 5.82 Å². The molecule has 0 amide bonds. The van der Waals surface area contributed by atoms with Gasteiger partial charge in [0.25, 0.3) is 0 Å². The quantitative estimate of drug-likeness (QED) is 0.639. The van der Waals surface area contributed by atoms with E-state index in [0.29, 0.717) is 11.5 Å². The number of aromatic nitrogens is 2. The van der Waals surface area contributed by atoms with E-state index in [2.05, 4.69) is 16.7 Å². The Kier molecular flexibility index (Phi) is 4.81. The summed E-state index contributed by atoms with van der Waals surface area (Å²) in [6.07, 6.45) is 6.96. The highest BCUT2D eigenvalue weighted by Crippen LogP contribution is 2.41. The molecule has 21 heavy (non-hydrogen) atoms. The third kappa shape index (κ3) is 3.17. The van der Waals surface area contributed by atoms with Gasteiger partial charge in [-0.05, 0) is 39.9 Å². The van der Waals surface area contributed by atoms with E-state index in [-0.39, 0.29) is 21.4 Å². The highest BCUT2D eigenvalue weighted by atomic mass is 32.2. The van der Waals surface area contributed by atoms with Crippen LogP contribution in [0.4, 0.5) is 11.5 Å². The van der Waals surface area contributed by atoms with Gasteiger partial charge in [0, 0.05) is 17.3 Å². The summed E-state index contributed by atoms with van der Waals surface area (Å²) in [5.74, 6) is 0.549. The Morgan fingerprint density at radius 1 is 1.48 bits per heavy atom. The molecule has 1 aromatic heterocycles. The van der Waals surface area contributed by atoms with E-state index < -0.39 is 0 Å². The Morgan fingerprint density at radius 3 is 2.57 bits per heavy atom. The first-order chi connectivity index (χ1) is 9.90. The SMILES string of the molecule is CSC1(CNc2c([N+](=O)[O-])c(C)nn2C(C)C)CCCC1. The van der Waals surface area contributed by atoms with E-state index in [1.54, 1.807) is 11.6 Å². The predicted molar refractivity (Wildman–Crippen MR) is 87.2 cm³/mol. The minimum absolute atomic E-state index is 0.0914. The summed E-state index contributed by atoms with van der Waals surface area (Å²) in [5, 5.41) is 19.0. The lowest BCUT2D eigenvalue weighted by Gasteiger charge is -2.27. The third-order valence-corrected chi connectivity index (χ3v) is 5.67. The van der Waals surface area contributed by atoms with Crippen LogP contribution in [0.15, 0.2) is 0 Å². The highest BCUT2D eigenvalue weighted by Gasteiger charge is 2.35. The minimum Gasteiger partial charge on any atom is -0.363 e. The van der Waals surface area contributed by atoms with E-state index >= 15 is 0 Å². The Morgan fingerprint density at radius 2 is 2.10 bits per heavy atom. The Bertz CT molecular complexity index is 521. The largest absolute Gasteiger partial charge is 0.363 e. The van der Waals surface area contributed by atoms with Crippen molar-refractivity contribution in [2.75, 3.05) is 18.1 Å². The third-order valence-electron chi connectivity index (χ3n) is 4.25. The van der Waals surface area contributed by atoms with Gasteiger partial charge < -0.3 is 5.32 Å². The molecule has 118 valence electrons. The fourth-order valence-corrected chi connectivity index (χ4v) is 3.93. The summed E-state index contributed by atoms with van der Waals surface area (Å²) >= 11 is 1.87. The fraction of sp³-hybridized carbons (Fsp3) is 0.786. The molecule has 1 saturated carbocycles. The van der Waals surface area contributed by atoms with Crippen LogP contribution in [0.2, 0.25) is 0 Å². The van der Waals surface area contributed by atoms with Gasteiger partial charge >= 0.3 is 5.69 Å². The van der Waals surface area contributed by atoms with Crippen LogP contribution in [0.1, 0.15) is 51.3 Å². The van der Waals surface area contributed by atoms with Crippen molar-refractivity contribution in [1.82, 2.24) is 9.78 Å². The first kappa shape index (κ1) is 16.1. The molecule has 0 atom stereocenters. The fourth-order valence-electron chi connectivity index (χ4n) is 3.01. The molecule has 0 unspecified atom stereocenters. The summed E-state index contributed by atoms with van der Waals surface area (Å²) in [7, 11) is 0. The van der Waals surface area contributed by atoms with Gasteiger partial charge in [-0.1, -0.05) is 12.8 Å². The second-order valence-corrected chi connectivity index (χ2v) is 7.30. The number of nitrogens with zero attached hydrogens (tertiary/aromatic N) is 3. The number of rotatable bonds is 6. The maximum absolute atomic E-state index is 11.3. The van der Waals surface area contributed by atoms with E-state index in [1.807, 2.05) is 25.6 Å². The summed E-state index contributed by atoms with van der Waals surface area (Å²) in [6.45, 7) is 6.43. The normalized spacial score (nSPS) is 17.4. The van der Waals surface area contributed by atoms with Crippen molar-refractivity contribution >= 4 is 23.3 Å². The summed E-state index contributed by atoms with van der Waals surface area (Å²) in [6, 6.07) is 0.0914. The van der Waals surface area contributed by atoms with Crippen LogP contribution in [-0.2, 0) is 0 Å². The Hall–Kier alpha value is -1.24. The Balaban J connectivity index is 2.27. The number of nitrogens with one attached hydrogen (secondary N) is 1. The lowest BCUT2D eigenvalue weighted by molar-refractivity contribution is -0.384. The molecule has 1 fully saturated rings. The average Bonchev–Trinajstić information content (AvgIpc) is 3.01. The molecular formula is C14H24N4O2S. The maximum Gasteiger partial charge on any atom is 0.333 e. The van der Waals surface area contributed by atoms with Crippen LogP contribution >= 0.6 is 11.8 Å². The van der Waals surface area contributed by atoms with Crippen molar-refractivity contribution in [3.8, 4) is 0 Å². The first-order valence-electron chi connectivity index (χ1n) is 7.43. The van der Waals surface area contributed by atoms with Crippen molar-refractivity contribution in [3.63, 3.8) is 0 Å². The average molecular weight is 312 g/mol. The molecule has 0 aromatic carbocycles. The van der Waals surface area contributed by atoms with Gasteiger partial charge in [-0.3, -0.25) is 10.1 Å². The lowest BCUT2D eigenvalue weighted by Crippen LogP contribution is -2.31. The van der Waals surface area contributed by atoms with Gasteiger partial charge in [0.15, 0.2) is 0 Å². The highest BCUT2D eigenvalue weighted by molar-refractivity contribution is 8.00. The molecule has 7 heteroatoms. The van der Waals surface area contributed by atoms with Crippen molar-refractivity contribution in [1.29, 1.82) is 0 Å². The molecule has 0 spiro atoms. The minimum atomic E-state index is -0.329. The number of hydrogen-bond donors (Lipinski definition) is 1. The zero-order valence-corrected chi connectivity index (χ0v) is 14.0. The zero-order valence-electron chi connectivity index (χ0n) is 13.2. The number of nitro groups is 1. The first-order valence-corrected chi connectivity index (χ1v) is 8.65. The lowest BCUT2D eigenvalue weighted by atomic mass is 10.1. The molecular weight excluding hydrogens is 288 g/mol. The van der Waals surface area contributed by atoms with E-state index in [0.717, 1.165) is 6.54 Å². The number of aryl methyl sites for hydroxylation is 1. The number of thioether (sulfide) groups is 1. The second kappa shape index (κ2) is 6.25. The van der Waals surface area contributed by atoms with Crippen molar-refractivity contribution in [2.24, 2.45) is 0 Å². The zero-order chi connectivity index (χ0) is 15.6. The topological polar surface area (TPSA) is 73.0 Å². The van der Waals surface area contributed by atoms with Gasteiger partial charge in [-0.2, -0.15) is 16.9 Å². The molecule has 1 N–H and O–H groups in total. The van der Waals surface area contributed by atoms with Crippen LogP contribution < -0.4 is 5.32 Å². The van der Waals surface area contributed by atoms with Crippen molar-refractivity contribution in [3.05, 3.63) is 15.8 Å². The van der Waals surface area contributed by atoms with E-state index in [4.69, 9.17) is 0 Å². The van der Waals surface area contributed by atoms with Gasteiger partial charge in [0.1, 0.15) is 5.69 Å². The molecule has 0 saturated heterocycles. The predicted octanol–water partition coefficient (Wildman–Crippen LogP) is 3.77. The molecule has 2 rings (SSSR count). The Labute approximate surface area is 129 Å². The van der Waals surface area contributed by atoms with Crippen LogP contribution in [-0.4, -0.2) is 32.3 Å². The molecule has 0 aliphatic heterocycles. The van der Waals surface area contributed by atoms with Gasteiger partial charge in [0.05, 0.1) is 4.92 Å². The summed E-state index contributed by atoms with van der Waals surface area (Å²) < 4.78 is 1.93. The summed E-state index contributed by atoms with van der Waals surface area (Å²) in [4.78, 5) is 11.0. The standard InChI is InChI=1S/C14H24N4O2S/c1-10(2)17-13(12(18(19)20)11(3)16-17)15-9-14(21-4)7-5-6-8-14/h10,15H,5-9H2,1-4H3. The molecule has 1 aliphatic rings. The molecule has 6 nitrogen and oxygen atoms in total. The van der Waals surface area contributed by atoms with Gasteiger partial charge in [-0.25, -0.2) is 4.68 Å². The molecule has 0 bridgehead atoms. The molecule has 1 aromatic rings. The van der Waals surface area contributed by atoms with E-state index in [9.17, 15) is 10.1 Å². The number of hydrogen-bond acceptors (Lipinski definition) is 5. The number of anilines is 1. The molecule has 1 aliphatic carbocycles. The maximum atomic E-state index is 11.3. The van der Waals surface area contributed by atoms with Crippen molar-refractivity contribution in [2.45, 2.75) is 57.2 Å². The summed E-state index contributed by atoms with van der Waals surface area (Å²) in [5.41, 5.74) is 0.582. The van der Waals surface area contributed by atoms with Crippen molar-refractivity contribution < 1.29 is 4.92 Å². The second-order valence-electron chi connectivity index (χ2n) is 6.03. The molecule has 1 heterocycles. The van der Waals surface area contributed by atoms with Crippen LogP contribution in [0.3, 0.4) is 0 Å².